The molecular formula is C24H28N2O4. The topological polar surface area (TPSA) is 52.9 Å². The number of ether oxygens (including phenoxy) is 3. The van der Waals surface area contributed by atoms with Crippen LogP contribution in [-0.2, 0) is 11.3 Å². The van der Waals surface area contributed by atoms with Gasteiger partial charge < -0.3 is 18.8 Å². The Bertz CT molecular complexity index is 1030. The summed E-state index contributed by atoms with van der Waals surface area (Å²) in [6, 6.07) is 13.2. The number of ketones is 1. The van der Waals surface area contributed by atoms with E-state index in [0.29, 0.717) is 5.56 Å². The van der Waals surface area contributed by atoms with Crippen LogP contribution in [0.2, 0.25) is 0 Å². The molecule has 0 aliphatic carbocycles. The first-order valence-corrected chi connectivity index (χ1v) is 10.3. The molecule has 1 saturated heterocycles. The molecule has 0 spiro atoms. The maximum Gasteiger partial charge on any atom is 0.195 e. The lowest BCUT2D eigenvalue weighted by Crippen LogP contribution is -2.38. The third-order valence-electron chi connectivity index (χ3n) is 5.85. The first kappa shape index (κ1) is 20.4. The van der Waals surface area contributed by atoms with Gasteiger partial charge in [-0.3, -0.25) is 9.69 Å². The lowest BCUT2D eigenvalue weighted by atomic mass is 10.0. The Morgan fingerprint density at radius 2 is 1.63 bits per heavy atom. The van der Waals surface area contributed by atoms with E-state index in [4.69, 9.17) is 14.2 Å². The number of rotatable bonds is 7. The van der Waals surface area contributed by atoms with Gasteiger partial charge in [0, 0.05) is 48.3 Å². The second-order valence-electron chi connectivity index (χ2n) is 7.51. The number of carbonyl (C=O) groups excluding carboxylic acids is 1. The van der Waals surface area contributed by atoms with Crippen molar-refractivity contribution in [1.29, 1.82) is 0 Å². The van der Waals surface area contributed by atoms with E-state index in [1.165, 1.54) is 0 Å². The van der Waals surface area contributed by atoms with Gasteiger partial charge in [-0.05, 0) is 49.4 Å². The summed E-state index contributed by atoms with van der Waals surface area (Å²) in [6.07, 6.45) is 0. The number of carbonyl (C=O) groups is 1. The molecule has 0 atom stereocenters. The molecule has 30 heavy (non-hydrogen) atoms. The average molecular weight is 408 g/mol. The van der Waals surface area contributed by atoms with Gasteiger partial charge in [-0.25, -0.2) is 0 Å². The minimum atomic E-state index is 0.0125. The van der Waals surface area contributed by atoms with Gasteiger partial charge in [-0.2, -0.15) is 0 Å². The predicted molar refractivity (Wildman–Crippen MR) is 117 cm³/mol. The van der Waals surface area contributed by atoms with E-state index in [0.717, 1.165) is 73.1 Å². The molecule has 2 heterocycles. The van der Waals surface area contributed by atoms with E-state index >= 15 is 0 Å². The molecule has 1 aromatic heterocycles. The van der Waals surface area contributed by atoms with Crippen LogP contribution in [0.5, 0.6) is 11.5 Å². The number of fused-ring (bicyclic) bond motifs is 1. The number of hydrogen-bond acceptors (Lipinski definition) is 5. The Hall–Kier alpha value is -2.83. The van der Waals surface area contributed by atoms with Crippen molar-refractivity contribution >= 4 is 16.7 Å². The molecule has 0 unspecified atom stereocenters. The van der Waals surface area contributed by atoms with E-state index in [-0.39, 0.29) is 5.78 Å². The quantitative estimate of drug-likeness (QED) is 0.560. The fourth-order valence-electron chi connectivity index (χ4n) is 4.12. The summed E-state index contributed by atoms with van der Waals surface area (Å²) >= 11 is 0. The van der Waals surface area contributed by atoms with E-state index < -0.39 is 0 Å². The van der Waals surface area contributed by atoms with Crippen molar-refractivity contribution in [2.24, 2.45) is 0 Å². The van der Waals surface area contributed by atoms with E-state index in [2.05, 4.69) is 9.47 Å². The van der Waals surface area contributed by atoms with Crippen LogP contribution in [0.4, 0.5) is 0 Å². The zero-order chi connectivity index (χ0) is 21.1. The van der Waals surface area contributed by atoms with E-state index in [1.54, 1.807) is 14.2 Å². The highest BCUT2D eigenvalue weighted by molar-refractivity contribution is 6.17. The maximum absolute atomic E-state index is 13.5. The zero-order valence-corrected chi connectivity index (χ0v) is 17.8. The second-order valence-corrected chi connectivity index (χ2v) is 7.51. The minimum absolute atomic E-state index is 0.0125. The molecule has 4 rings (SSSR count). The summed E-state index contributed by atoms with van der Waals surface area (Å²) in [7, 11) is 3.27. The van der Waals surface area contributed by atoms with Crippen molar-refractivity contribution < 1.29 is 19.0 Å². The molecule has 0 radical (unpaired) electrons. The average Bonchev–Trinajstić information content (AvgIpc) is 3.08. The number of methoxy groups -OCH3 is 2. The SMILES string of the molecule is COc1ccc(C(=O)c2c(C)n(CCN3CCOCC3)c3ccc(OC)cc23)cc1. The Kier molecular flexibility index (Phi) is 6.06. The summed E-state index contributed by atoms with van der Waals surface area (Å²) in [5, 5.41) is 0.926. The van der Waals surface area contributed by atoms with Crippen LogP contribution in [0, 0.1) is 6.92 Å². The number of aromatic nitrogens is 1. The largest absolute Gasteiger partial charge is 0.497 e. The summed E-state index contributed by atoms with van der Waals surface area (Å²) in [6.45, 7) is 7.24. The molecule has 0 N–H and O–H groups in total. The smallest absolute Gasteiger partial charge is 0.195 e. The summed E-state index contributed by atoms with van der Waals surface area (Å²) in [4.78, 5) is 15.9. The van der Waals surface area contributed by atoms with Gasteiger partial charge in [0.1, 0.15) is 11.5 Å². The molecule has 0 amide bonds. The van der Waals surface area contributed by atoms with Gasteiger partial charge >= 0.3 is 0 Å². The van der Waals surface area contributed by atoms with Gasteiger partial charge in [-0.1, -0.05) is 0 Å². The second kappa shape index (κ2) is 8.90. The van der Waals surface area contributed by atoms with Crippen LogP contribution in [0.15, 0.2) is 42.5 Å². The fraction of sp³-hybridized carbons (Fsp3) is 0.375. The normalized spacial score (nSPS) is 14.8. The summed E-state index contributed by atoms with van der Waals surface area (Å²) in [5.74, 6) is 1.49. The summed E-state index contributed by atoms with van der Waals surface area (Å²) in [5.41, 5.74) is 3.41. The molecule has 1 aliphatic heterocycles. The van der Waals surface area contributed by atoms with Gasteiger partial charge in [0.2, 0.25) is 0 Å². The highest BCUT2D eigenvalue weighted by atomic mass is 16.5. The van der Waals surface area contributed by atoms with Crippen LogP contribution in [0.25, 0.3) is 10.9 Å². The molecule has 1 fully saturated rings. The lowest BCUT2D eigenvalue weighted by molar-refractivity contribution is 0.0365. The third-order valence-corrected chi connectivity index (χ3v) is 5.85. The van der Waals surface area contributed by atoms with Gasteiger partial charge in [0.15, 0.2) is 5.78 Å². The fourth-order valence-corrected chi connectivity index (χ4v) is 4.12. The Balaban J connectivity index is 1.73. The number of nitrogens with zero attached hydrogens (tertiary/aromatic N) is 2. The van der Waals surface area contributed by atoms with E-state index in [1.807, 2.05) is 49.4 Å². The monoisotopic (exact) mass is 408 g/mol. The van der Waals surface area contributed by atoms with Crippen LogP contribution in [-0.4, -0.2) is 62.3 Å². The highest BCUT2D eigenvalue weighted by Crippen LogP contribution is 2.31. The molecule has 158 valence electrons. The molecule has 3 aromatic rings. The van der Waals surface area contributed by atoms with Crippen LogP contribution in [0.1, 0.15) is 21.6 Å². The number of hydrogen-bond donors (Lipinski definition) is 0. The Morgan fingerprint density at radius 1 is 0.967 bits per heavy atom. The molecule has 6 nitrogen and oxygen atoms in total. The molecule has 2 aromatic carbocycles. The van der Waals surface area contributed by atoms with Crippen molar-refractivity contribution in [1.82, 2.24) is 9.47 Å². The zero-order valence-electron chi connectivity index (χ0n) is 17.8. The predicted octanol–water partition coefficient (Wildman–Crippen LogP) is 3.53. The van der Waals surface area contributed by atoms with Crippen LogP contribution in [0.3, 0.4) is 0 Å². The Morgan fingerprint density at radius 3 is 2.30 bits per heavy atom. The third kappa shape index (κ3) is 3.93. The first-order valence-electron chi connectivity index (χ1n) is 10.3. The molecule has 0 saturated carbocycles. The minimum Gasteiger partial charge on any atom is -0.497 e. The van der Waals surface area contributed by atoms with Gasteiger partial charge in [0.25, 0.3) is 0 Å². The van der Waals surface area contributed by atoms with Crippen molar-refractivity contribution in [3.8, 4) is 11.5 Å². The van der Waals surface area contributed by atoms with Crippen molar-refractivity contribution in [2.75, 3.05) is 47.1 Å². The van der Waals surface area contributed by atoms with Gasteiger partial charge in [-0.15, -0.1) is 0 Å². The lowest BCUT2D eigenvalue weighted by Gasteiger charge is -2.27. The van der Waals surface area contributed by atoms with Crippen molar-refractivity contribution in [3.05, 3.63) is 59.3 Å². The van der Waals surface area contributed by atoms with Crippen LogP contribution < -0.4 is 9.47 Å². The molecule has 6 heteroatoms. The molecular weight excluding hydrogens is 380 g/mol. The number of morpholine rings is 1. The van der Waals surface area contributed by atoms with Gasteiger partial charge in [0.05, 0.1) is 33.0 Å². The molecule has 0 bridgehead atoms. The highest BCUT2D eigenvalue weighted by Gasteiger charge is 2.22. The Labute approximate surface area is 176 Å². The molecule has 1 aliphatic rings. The van der Waals surface area contributed by atoms with Crippen molar-refractivity contribution in [2.45, 2.75) is 13.5 Å². The number of benzene rings is 2. The summed E-state index contributed by atoms with van der Waals surface area (Å²) < 4.78 is 18.4. The standard InChI is InChI=1S/C24H28N2O4/c1-17-23(24(27)18-4-6-19(28-2)7-5-18)21-16-20(29-3)8-9-22(21)26(17)11-10-25-12-14-30-15-13-25/h4-9,16H,10-15H2,1-3H3. The maximum atomic E-state index is 13.5. The van der Waals surface area contributed by atoms with E-state index in [9.17, 15) is 4.79 Å². The first-order chi connectivity index (χ1) is 14.6. The van der Waals surface area contributed by atoms with Crippen LogP contribution >= 0.6 is 0 Å². The van der Waals surface area contributed by atoms with Crippen molar-refractivity contribution in [3.63, 3.8) is 0 Å².